The van der Waals surface area contributed by atoms with Gasteiger partial charge >= 0.3 is 5.97 Å². The average Bonchev–Trinajstić information content (AvgIpc) is 2.42. The van der Waals surface area contributed by atoms with E-state index in [1.165, 1.54) is 7.11 Å². The summed E-state index contributed by atoms with van der Waals surface area (Å²) in [5, 5.41) is 3.54. The normalized spacial score (nSPS) is 12.8. The highest BCUT2D eigenvalue weighted by atomic mass is 16.5. The van der Waals surface area contributed by atoms with Crippen LogP contribution in [0.1, 0.15) is 29.8 Å². The van der Waals surface area contributed by atoms with Crippen molar-refractivity contribution < 1.29 is 9.53 Å². The highest BCUT2D eigenvalue weighted by Crippen LogP contribution is 2.11. The summed E-state index contributed by atoms with van der Waals surface area (Å²) in [6, 6.07) is 7.96. The van der Waals surface area contributed by atoms with Crippen LogP contribution < -0.4 is 5.32 Å². The average molecular weight is 278 g/mol. The number of hydrogen-bond acceptors (Lipinski definition) is 4. The van der Waals surface area contributed by atoms with Crippen LogP contribution in [0.15, 0.2) is 24.3 Å². The standard InChI is InChI=1S/C16H26N2O2/c1-12(2)15(11-18(3)4)17-10-13-8-6-7-9-14(13)16(19)20-5/h6-9,12,15,17H,10-11H2,1-5H3. The molecule has 0 saturated carbocycles. The van der Waals surface area contributed by atoms with Crippen molar-refractivity contribution in [2.24, 2.45) is 5.92 Å². The fourth-order valence-corrected chi connectivity index (χ4v) is 2.13. The molecular weight excluding hydrogens is 252 g/mol. The quantitative estimate of drug-likeness (QED) is 0.776. The summed E-state index contributed by atoms with van der Waals surface area (Å²) < 4.78 is 4.82. The Morgan fingerprint density at radius 2 is 1.95 bits per heavy atom. The van der Waals surface area contributed by atoms with Crippen molar-refractivity contribution in [3.63, 3.8) is 0 Å². The van der Waals surface area contributed by atoms with Gasteiger partial charge in [0.25, 0.3) is 0 Å². The SMILES string of the molecule is COC(=O)c1ccccc1CNC(CN(C)C)C(C)C. The second-order valence-electron chi connectivity index (χ2n) is 5.64. The highest BCUT2D eigenvalue weighted by molar-refractivity contribution is 5.90. The van der Waals surface area contributed by atoms with E-state index in [4.69, 9.17) is 4.74 Å². The van der Waals surface area contributed by atoms with Crippen LogP contribution >= 0.6 is 0 Å². The second kappa shape index (κ2) is 8.02. The van der Waals surface area contributed by atoms with Crippen molar-refractivity contribution in [2.75, 3.05) is 27.7 Å². The number of likely N-dealkylation sites (N-methyl/N-ethyl adjacent to an activating group) is 1. The molecule has 112 valence electrons. The molecule has 4 heteroatoms. The molecule has 4 nitrogen and oxygen atoms in total. The van der Waals surface area contributed by atoms with Crippen LogP contribution in [0.4, 0.5) is 0 Å². The van der Waals surface area contributed by atoms with Gasteiger partial charge in [0.15, 0.2) is 0 Å². The van der Waals surface area contributed by atoms with E-state index in [1.807, 2.05) is 18.2 Å². The van der Waals surface area contributed by atoms with Gasteiger partial charge in [-0.2, -0.15) is 0 Å². The molecule has 1 aromatic carbocycles. The van der Waals surface area contributed by atoms with Crippen molar-refractivity contribution in [1.82, 2.24) is 10.2 Å². The number of rotatable bonds is 7. The molecule has 0 spiro atoms. The number of esters is 1. The Hall–Kier alpha value is -1.39. The van der Waals surface area contributed by atoms with Gasteiger partial charge in [0, 0.05) is 19.1 Å². The van der Waals surface area contributed by atoms with E-state index >= 15 is 0 Å². The van der Waals surface area contributed by atoms with E-state index in [9.17, 15) is 4.79 Å². The van der Waals surface area contributed by atoms with E-state index in [0.29, 0.717) is 24.1 Å². The first-order valence-electron chi connectivity index (χ1n) is 7.00. The minimum Gasteiger partial charge on any atom is -0.465 e. The van der Waals surface area contributed by atoms with Crippen molar-refractivity contribution in [3.8, 4) is 0 Å². The molecule has 1 rings (SSSR count). The number of hydrogen-bond donors (Lipinski definition) is 1. The van der Waals surface area contributed by atoms with Crippen LogP contribution in [0.5, 0.6) is 0 Å². The Morgan fingerprint density at radius 3 is 2.50 bits per heavy atom. The van der Waals surface area contributed by atoms with E-state index in [2.05, 4.69) is 38.2 Å². The van der Waals surface area contributed by atoms with Crippen molar-refractivity contribution >= 4 is 5.97 Å². The minimum atomic E-state index is -0.281. The van der Waals surface area contributed by atoms with Crippen LogP contribution in [-0.4, -0.2) is 44.7 Å². The van der Waals surface area contributed by atoms with Crippen LogP contribution in [0.2, 0.25) is 0 Å². The van der Waals surface area contributed by atoms with Gasteiger partial charge in [-0.05, 0) is 31.6 Å². The predicted octanol–water partition coefficient (Wildman–Crippen LogP) is 2.15. The molecule has 0 aromatic heterocycles. The highest BCUT2D eigenvalue weighted by Gasteiger charge is 2.16. The minimum absolute atomic E-state index is 0.281. The number of benzene rings is 1. The van der Waals surface area contributed by atoms with Gasteiger partial charge in [-0.3, -0.25) is 0 Å². The van der Waals surface area contributed by atoms with E-state index in [-0.39, 0.29) is 5.97 Å². The molecule has 1 N–H and O–H groups in total. The van der Waals surface area contributed by atoms with E-state index < -0.39 is 0 Å². The Bertz CT molecular complexity index is 430. The second-order valence-corrected chi connectivity index (χ2v) is 5.64. The Balaban J connectivity index is 2.75. The Labute approximate surface area is 122 Å². The van der Waals surface area contributed by atoms with Gasteiger partial charge in [-0.15, -0.1) is 0 Å². The molecule has 0 aliphatic rings. The summed E-state index contributed by atoms with van der Waals surface area (Å²) >= 11 is 0. The lowest BCUT2D eigenvalue weighted by Crippen LogP contribution is -2.41. The smallest absolute Gasteiger partial charge is 0.338 e. The molecule has 1 atom stereocenters. The maximum atomic E-state index is 11.7. The maximum Gasteiger partial charge on any atom is 0.338 e. The molecular formula is C16H26N2O2. The summed E-state index contributed by atoms with van der Waals surface area (Å²) in [5.41, 5.74) is 1.61. The molecule has 0 aliphatic heterocycles. The third-order valence-corrected chi connectivity index (χ3v) is 3.34. The van der Waals surface area contributed by atoms with Crippen molar-refractivity contribution in [3.05, 3.63) is 35.4 Å². The third kappa shape index (κ3) is 4.94. The number of carbonyl (C=O) groups is 1. The summed E-state index contributed by atoms with van der Waals surface area (Å²) in [4.78, 5) is 13.9. The molecule has 0 heterocycles. The lowest BCUT2D eigenvalue weighted by atomic mass is 10.0. The Kier molecular flexibility index (Phi) is 6.68. The largest absolute Gasteiger partial charge is 0.465 e. The molecule has 20 heavy (non-hydrogen) atoms. The third-order valence-electron chi connectivity index (χ3n) is 3.34. The predicted molar refractivity (Wildman–Crippen MR) is 81.8 cm³/mol. The fraction of sp³-hybridized carbons (Fsp3) is 0.562. The van der Waals surface area contributed by atoms with Gasteiger partial charge in [0.05, 0.1) is 12.7 Å². The number of nitrogens with zero attached hydrogens (tertiary/aromatic N) is 1. The molecule has 0 fully saturated rings. The van der Waals surface area contributed by atoms with Gasteiger partial charge < -0.3 is 15.0 Å². The zero-order chi connectivity index (χ0) is 15.1. The monoisotopic (exact) mass is 278 g/mol. The number of nitrogens with one attached hydrogen (secondary N) is 1. The summed E-state index contributed by atoms with van der Waals surface area (Å²) in [6.45, 7) is 6.04. The zero-order valence-corrected chi connectivity index (χ0v) is 13.1. The van der Waals surface area contributed by atoms with Gasteiger partial charge in [0.1, 0.15) is 0 Å². The first-order chi connectivity index (χ1) is 9.45. The van der Waals surface area contributed by atoms with Crippen molar-refractivity contribution in [2.45, 2.75) is 26.4 Å². The lowest BCUT2D eigenvalue weighted by molar-refractivity contribution is 0.0599. The fourth-order valence-electron chi connectivity index (χ4n) is 2.13. The van der Waals surface area contributed by atoms with E-state index in [1.54, 1.807) is 6.07 Å². The molecule has 1 unspecified atom stereocenters. The maximum absolute atomic E-state index is 11.7. The van der Waals surface area contributed by atoms with Gasteiger partial charge in [0.2, 0.25) is 0 Å². The first kappa shape index (κ1) is 16.7. The van der Waals surface area contributed by atoms with Gasteiger partial charge in [-0.25, -0.2) is 4.79 Å². The molecule has 0 radical (unpaired) electrons. The molecule has 0 aliphatic carbocycles. The number of carbonyl (C=O) groups excluding carboxylic acids is 1. The molecule has 0 amide bonds. The lowest BCUT2D eigenvalue weighted by Gasteiger charge is -2.26. The Morgan fingerprint density at radius 1 is 1.30 bits per heavy atom. The van der Waals surface area contributed by atoms with E-state index in [0.717, 1.165) is 12.1 Å². The summed E-state index contributed by atoms with van der Waals surface area (Å²) in [5.74, 6) is 0.249. The first-order valence-corrected chi connectivity index (χ1v) is 7.00. The van der Waals surface area contributed by atoms with Gasteiger partial charge in [-0.1, -0.05) is 32.0 Å². The number of methoxy groups -OCH3 is 1. The van der Waals surface area contributed by atoms with Crippen LogP contribution in [0, 0.1) is 5.92 Å². The van der Waals surface area contributed by atoms with Crippen LogP contribution in [-0.2, 0) is 11.3 Å². The van der Waals surface area contributed by atoms with Crippen LogP contribution in [0.25, 0.3) is 0 Å². The molecule has 1 aromatic rings. The summed E-state index contributed by atoms with van der Waals surface area (Å²) in [7, 11) is 5.55. The molecule has 0 bridgehead atoms. The number of ether oxygens (including phenoxy) is 1. The zero-order valence-electron chi connectivity index (χ0n) is 13.1. The topological polar surface area (TPSA) is 41.6 Å². The van der Waals surface area contributed by atoms with Crippen LogP contribution in [0.3, 0.4) is 0 Å². The van der Waals surface area contributed by atoms with Crippen molar-refractivity contribution in [1.29, 1.82) is 0 Å². The summed E-state index contributed by atoms with van der Waals surface area (Å²) in [6.07, 6.45) is 0. The molecule has 0 saturated heterocycles.